The normalized spacial score (nSPS) is 21.0. The second kappa shape index (κ2) is 3.22. The monoisotopic (exact) mass is 183 g/mol. The van der Waals surface area contributed by atoms with Gasteiger partial charge >= 0.3 is 6.18 Å². The van der Waals surface area contributed by atoms with Gasteiger partial charge in [-0.25, -0.2) is 0 Å². The zero-order chi connectivity index (χ0) is 9.24. The van der Waals surface area contributed by atoms with Gasteiger partial charge in [0.1, 0.15) is 0 Å². The predicted octanol–water partition coefficient (Wildman–Crippen LogP) is 0.911. The first-order chi connectivity index (χ1) is 5.47. The lowest BCUT2D eigenvalue weighted by atomic mass is 10.1. The molecule has 72 valence electrons. The molecule has 0 amide bonds. The zero-order valence-electron chi connectivity index (χ0n) is 6.62. The minimum Gasteiger partial charge on any atom is -0.396 e. The lowest BCUT2D eigenvalue weighted by Crippen LogP contribution is -2.34. The van der Waals surface area contributed by atoms with Gasteiger partial charge < -0.3 is 10.4 Å². The van der Waals surface area contributed by atoms with Crippen LogP contribution in [-0.2, 0) is 0 Å². The van der Waals surface area contributed by atoms with E-state index in [4.69, 9.17) is 5.11 Å². The Kier molecular flexibility index (Phi) is 2.63. The summed E-state index contributed by atoms with van der Waals surface area (Å²) in [5.74, 6) is 0. The van der Waals surface area contributed by atoms with Crippen molar-refractivity contribution < 1.29 is 18.3 Å². The van der Waals surface area contributed by atoms with Crippen molar-refractivity contribution >= 4 is 0 Å². The van der Waals surface area contributed by atoms with E-state index < -0.39 is 12.7 Å². The van der Waals surface area contributed by atoms with Crippen molar-refractivity contribution in [2.75, 3.05) is 19.7 Å². The maximum absolute atomic E-state index is 11.6. The number of hydrogen-bond donors (Lipinski definition) is 2. The van der Waals surface area contributed by atoms with Gasteiger partial charge in [-0.1, -0.05) is 0 Å². The van der Waals surface area contributed by atoms with Crippen LogP contribution in [0.5, 0.6) is 0 Å². The third-order valence-electron chi connectivity index (χ3n) is 2.12. The first-order valence-corrected chi connectivity index (χ1v) is 3.86. The highest BCUT2D eigenvalue weighted by Gasteiger charge is 2.42. The second-order valence-corrected chi connectivity index (χ2v) is 3.38. The third kappa shape index (κ3) is 2.98. The van der Waals surface area contributed by atoms with Crippen LogP contribution in [0.15, 0.2) is 0 Å². The molecule has 5 heteroatoms. The molecule has 0 unspecified atom stereocenters. The van der Waals surface area contributed by atoms with Crippen molar-refractivity contribution in [3.8, 4) is 0 Å². The Morgan fingerprint density at radius 2 is 1.92 bits per heavy atom. The largest absolute Gasteiger partial charge is 0.401 e. The number of aliphatic hydroxyl groups is 1. The average Bonchev–Trinajstić information content (AvgIpc) is 2.67. The van der Waals surface area contributed by atoms with Crippen LogP contribution < -0.4 is 5.32 Å². The quantitative estimate of drug-likeness (QED) is 0.679. The molecule has 1 aliphatic rings. The fraction of sp³-hybridized carbons (Fsp3) is 1.00. The van der Waals surface area contributed by atoms with Gasteiger partial charge in [0.05, 0.1) is 6.54 Å². The van der Waals surface area contributed by atoms with E-state index in [1.165, 1.54) is 0 Å². The summed E-state index contributed by atoms with van der Waals surface area (Å²) in [5, 5.41) is 11.1. The van der Waals surface area contributed by atoms with Gasteiger partial charge in [0.25, 0.3) is 0 Å². The number of rotatable bonds is 4. The van der Waals surface area contributed by atoms with Crippen LogP contribution in [0.4, 0.5) is 13.2 Å². The van der Waals surface area contributed by atoms with Crippen LogP contribution in [-0.4, -0.2) is 31.0 Å². The molecule has 2 N–H and O–H groups in total. The first kappa shape index (κ1) is 9.80. The minimum absolute atomic E-state index is 0.0160. The van der Waals surface area contributed by atoms with E-state index >= 15 is 0 Å². The van der Waals surface area contributed by atoms with Crippen LogP contribution in [0, 0.1) is 5.41 Å². The highest BCUT2D eigenvalue weighted by molar-refractivity contribution is 4.94. The summed E-state index contributed by atoms with van der Waals surface area (Å²) in [4.78, 5) is 0. The number of alkyl halides is 3. The van der Waals surface area contributed by atoms with Gasteiger partial charge in [-0.2, -0.15) is 13.2 Å². The van der Waals surface area contributed by atoms with Crippen molar-refractivity contribution in [3.05, 3.63) is 0 Å². The molecule has 0 heterocycles. The van der Waals surface area contributed by atoms with Crippen LogP contribution in [0.25, 0.3) is 0 Å². The highest BCUT2D eigenvalue weighted by atomic mass is 19.4. The molecule has 0 spiro atoms. The molecular weight excluding hydrogens is 171 g/mol. The first-order valence-electron chi connectivity index (χ1n) is 3.86. The zero-order valence-corrected chi connectivity index (χ0v) is 6.62. The maximum atomic E-state index is 11.6. The van der Waals surface area contributed by atoms with Gasteiger partial charge in [-0.3, -0.25) is 0 Å². The van der Waals surface area contributed by atoms with Crippen LogP contribution >= 0.6 is 0 Å². The van der Waals surface area contributed by atoms with E-state index in [1.54, 1.807) is 0 Å². The highest BCUT2D eigenvalue weighted by Crippen LogP contribution is 2.44. The van der Waals surface area contributed by atoms with Crippen molar-refractivity contribution in [1.29, 1.82) is 0 Å². The van der Waals surface area contributed by atoms with E-state index in [0.29, 0.717) is 0 Å². The fourth-order valence-electron chi connectivity index (χ4n) is 1.04. The smallest absolute Gasteiger partial charge is 0.396 e. The van der Waals surface area contributed by atoms with Crippen molar-refractivity contribution in [3.63, 3.8) is 0 Å². The summed E-state index contributed by atoms with van der Waals surface area (Å²) in [6.07, 6.45) is -2.49. The molecule has 0 bridgehead atoms. The van der Waals surface area contributed by atoms with Gasteiger partial charge in [0.15, 0.2) is 0 Å². The van der Waals surface area contributed by atoms with Gasteiger partial charge in [-0.15, -0.1) is 0 Å². The number of halogens is 3. The Labute approximate surface area is 68.8 Å². The molecule has 0 radical (unpaired) electrons. The van der Waals surface area contributed by atoms with Crippen LogP contribution in [0.1, 0.15) is 12.8 Å². The number of nitrogens with one attached hydrogen (secondary N) is 1. The Morgan fingerprint density at radius 1 is 1.33 bits per heavy atom. The minimum atomic E-state index is -4.15. The molecule has 0 aromatic carbocycles. The standard InChI is InChI=1S/C7H12F3NO/c8-7(9,10)4-11-3-6(5-12)1-2-6/h11-12H,1-5H2. The molecule has 0 saturated heterocycles. The van der Waals surface area contributed by atoms with Gasteiger partial charge in [-0.05, 0) is 12.8 Å². The molecule has 0 aliphatic heterocycles. The molecule has 1 aliphatic carbocycles. The Morgan fingerprint density at radius 3 is 2.25 bits per heavy atom. The molecule has 12 heavy (non-hydrogen) atoms. The third-order valence-corrected chi connectivity index (χ3v) is 2.12. The molecule has 0 atom stereocenters. The average molecular weight is 183 g/mol. The summed E-state index contributed by atoms with van der Waals surface area (Å²) in [7, 11) is 0. The van der Waals surface area contributed by atoms with E-state index in [9.17, 15) is 13.2 Å². The fourth-order valence-corrected chi connectivity index (χ4v) is 1.04. The van der Waals surface area contributed by atoms with E-state index in [2.05, 4.69) is 5.32 Å². The van der Waals surface area contributed by atoms with E-state index in [0.717, 1.165) is 12.8 Å². The lowest BCUT2D eigenvalue weighted by Gasteiger charge is -2.13. The van der Waals surface area contributed by atoms with Gasteiger partial charge in [0.2, 0.25) is 0 Å². The van der Waals surface area contributed by atoms with Crippen molar-refractivity contribution in [1.82, 2.24) is 5.32 Å². The molecular formula is C7H12F3NO. The molecule has 2 nitrogen and oxygen atoms in total. The summed E-state index contributed by atoms with van der Waals surface area (Å²) >= 11 is 0. The SMILES string of the molecule is OCC1(CNCC(F)(F)F)CC1. The number of aliphatic hydroxyl groups excluding tert-OH is 1. The predicted molar refractivity (Wildman–Crippen MR) is 37.7 cm³/mol. The molecule has 0 aromatic heterocycles. The van der Waals surface area contributed by atoms with Crippen LogP contribution in [0.3, 0.4) is 0 Å². The summed E-state index contributed by atoms with van der Waals surface area (Å²) in [6.45, 7) is -0.713. The molecule has 1 rings (SSSR count). The Balaban J connectivity index is 2.10. The van der Waals surface area contributed by atoms with E-state index in [1.807, 2.05) is 0 Å². The Bertz CT molecular complexity index is 153. The second-order valence-electron chi connectivity index (χ2n) is 3.38. The number of hydrogen-bond acceptors (Lipinski definition) is 2. The molecule has 1 fully saturated rings. The van der Waals surface area contributed by atoms with Gasteiger partial charge in [0, 0.05) is 18.6 Å². The van der Waals surface area contributed by atoms with Crippen molar-refractivity contribution in [2.45, 2.75) is 19.0 Å². The van der Waals surface area contributed by atoms with E-state index in [-0.39, 0.29) is 18.6 Å². The molecule has 0 aromatic rings. The van der Waals surface area contributed by atoms with Crippen molar-refractivity contribution in [2.24, 2.45) is 5.41 Å². The van der Waals surface area contributed by atoms with Crippen LogP contribution in [0.2, 0.25) is 0 Å². The topological polar surface area (TPSA) is 32.3 Å². The Hall–Kier alpha value is -0.290. The molecule has 1 saturated carbocycles. The summed E-state index contributed by atoms with van der Waals surface area (Å²) in [5.41, 5.74) is -0.245. The lowest BCUT2D eigenvalue weighted by molar-refractivity contribution is -0.125. The maximum Gasteiger partial charge on any atom is 0.401 e. The summed E-state index contributed by atoms with van der Waals surface area (Å²) in [6, 6.07) is 0. The summed E-state index contributed by atoms with van der Waals surface area (Å²) < 4.78 is 34.9.